The summed E-state index contributed by atoms with van der Waals surface area (Å²) in [4.78, 5) is 19.7. The van der Waals surface area contributed by atoms with Crippen molar-refractivity contribution in [2.24, 2.45) is 5.92 Å². The Bertz CT molecular complexity index is 1190. The number of hydrogen-bond donors (Lipinski definition) is 1. The van der Waals surface area contributed by atoms with Gasteiger partial charge < -0.3 is 5.32 Å². The first kappa shape index (κ1) is 20.4. The van der Waals surface area contributed by atoms with Crippen LogP contribution in [0.3, 0.4) is 0 Å². The number of aromatic nitrogens is 2. The first-order valence-electron chi connectivity index (χ1n) is 10.6. The zero-order valence-electron chi connectivity index (χ0n) is 17.4. The van der Waals surface area contributed by atoms with Gasteiger partial charge in [0.2, 0.25) is 0 Å². The molecule has 0 unspecified atom stereocenters. The van der Waals surface area contributed by atoms with Crippen molar-refractivity contribution in [2.45, 2.75) is 26.3 Å². The zero-order chi connectivity index (χ0) is 21.4. The summed E-state index contributed by atoms with van der Waals surface area (Å²) < 4.78 is 2.59. The van der Waals surface area contributed by atoms with Crippen LogP contribution < -0.4 is 5.32 Å². The second-order valence-corrected chi connectivity index (χ2v) is 10.1. The number of nitrogens with one attached hydrogen (secondary N) is 1. The van der Waals surface area contributed by atoms with Crippen LogP contribution in [0.15, 0.2) is 53.7 Å². The van der Waals surface area contributed by atoms with E-state index in [4.69, 9.17) is 12.2 Å². The molecule has 0 radical (unpaired) electrons. The van der Waals surface area contributed by atoms with Crippen molar-refractivity contribution in [3.05, 3.63) is 64.8 Å². The smallest absolute Gasteiger partial charge is 0.263 e. The van der Waals surface area contributed by atoms with Crippen LogP contribution in [-0.2, 0) is 11.3 Å². The summed E-state index contributed by atoms with van der Waals surface area (Å²) in [6.07, 6.45) is 8.38. The minimum Gasteiger partial charge on any atom is -0.307 e. The number of amides is 1. The van der Waals surface area contributed by atoms with Gasteiger partial charge in [0.1, 0.15) is 9.97 Å². The highest BCUT2D eigenvalue weighted by Crippen LogP contribution is 2.28. The molecule has 5 rings (SSSR count). The van der Waals surface area contributed by atoms with E-state index in [-0.39, 0.29) is 5.91 Å². The van der Waals surface area contributed by atoms with Crippen molar-refractivity contribution >= 4 is 45.9 Å². The predicted molar refractivity (Wildman–Crippen MR) is 131 cm³/mol. The summed E-state index contributed by atoms with van der Waals surface area (Å²) in [6, 6.07) is 12.7. The molecule has 1 aromatic carbocycles. The summed E-state index contributed by atoms with van der Waals surface area (Å²) in [5, 5.41) is 2.66. The van der Waals surface area contributed by atoms with E-state index in [0.717, 1.165) is 34.9 Å². The first-order valence-corrected chi connectivity index (χ1v) is 11.8. The predicted octanol–water partition coefficient (Wildman–Crippen LogP) is 4.72. The number of pyridine rings is 1. The molecule has 0 bridgehead atoms. The van der Waals surface area contributed by atoms with Crippen molar-refractivity contribution in [2.75, 3.05) is 13.1 Å². The Labute approximate surface area is 191 Å². The number of hydrogen-bond acceptors (Lipinski definition) is 5. The van der Waals surface area contributed by atoms with Crippen LogP contribution in [0.2, 0.25) is 0 Å². The van der Waals surface area contributed by atoms with Crippen LogP contribution in [0.25, 0.3) is 23.0 Å². The number of nitrogens with zero attached hydrogens (tertiary/aromatic N) is 3. The van der Waals surface area contributed by atoms with Crippen LogP contribution in [0, 0.1) is 5.92 Å². The summed E-state index contributed by atoms with van der Waals surface area (Å²) in [6.45, 7) is 5.68. The maximum absolute atomic E-state index is 12.0. The largest absolute Gasteiger partial charge is 0.307 e. The molecular formula is C24H24N4OS2. The number of likely N-dealkylation sites (tertiary alicyclic amines) is 1. The molecule has 1 N–H and O–H groups in total. The van der Waals surface area contributed by atoms with E-state index in [0.29, 0.717) is 9.23 Å². The lowest BCUT2D eigenvalue weighted by molar-refractivity contribution is -0.115. The Kier molecular flexibility index (Phi) is 5.65. The van der Waals surface area contributed by atoms with Crippen LogP contribution in [-0.4, -0.2) is 37.6 Å². The van der Waals surface area contributed by atoms with E-state index in [1.165, 1.54) is 43.3 Å². The fraction of sp³-hybridized carbons (Fsp3) is 0.292. The van der Waals surface area contributed by atoms with Crippen LogP contribution in [0.5, 0.6) is 0 Å². The first-order chi connectivity index (χ1) is 15.0. The maximum Gasteiger partial charge on any atom is 0.263 e. The normalized spacial score (nSPS) is 19.5. The molecule has 0 atom stereocenters. The van der Waals surface area contributed by atoms with Gasteiger partial charge in [-0.15, -0.1) is 0 Å². The van der Waals surface area contributed by atoms with E-state index < -0.39 is 0 Å². The molecule has 158 valence electrons. The highest BCUT2D eigenvalue weighted by atomic mass is 32.2. The van der Waals surface area contributed by atoms with Crippen LogP contribution >= 0.6 is 24.0 Å². The Morgan fingerprint density at radius 3 is 2.87 bits per heavy atom. The fourth-order valence-electron chi connectivity index (χ4n) is 4.18. The van der Waals surface area contributed by atoms with Crippen LogP contribution in [0.4, 0.5) is 0 Å². The van der Waals surface area contributed by atoms with Crippen molar-refractivity contribution in [3.63, 3.8) is 0 Å². The van der Waals surface area contributed by atoms with E-state index in [9.17, 15) is 4.79 Å². The lowest BCUT2D eigenvalue weighted by Gasteiger charge is -2.30. The number of carbonyl (C=O) groups excluding carboxylic acids is 1. The molecule has 3 aromatic rings. The minimum atomic E-state index is -0.138. The topological polar surface area (TPSA) is 49.6 Å². The van der Waals surface area contributed by atoms with E-state index >= 15 is 0 Å². The molecule has 2 aliphatic rings. The second kappa shape index (κ2) is 8.57. The summed E-state index contributed by atoms with van der Waals surface area (Å²) in [5.74, 6) is 0.704. The lowest BCUT2D eigenvalue weighted by Crippen LogP contribution is -2.32. The SMILES string of the molecule is CC1CCN(Cc2cccc(-c3cnc4ccc(C=C5SC(=S)NC5=O)cn34)c2)CC1. The van der Waals surface area contributed by atoms with Crippen molar-refractivity contribution in [1.29, 1.82) is 0 Å². The number of thiocarbonyl (C=S) groups is 1. The average Bonchev–Trinajstić information content (AvgIpc) is 3.32. The van der Waals surface area contributed by atoms with Gasteiger partial charge in [-0.3, -0.25) is 14.1 Å². The number of carbonyl (C=O) groups is 1. The van der Waals surface area contributed by atoms with Gasteiger partial charge in [0.25, 0.3) is 5.91 Å². The molecule has 2 saturated heterocycles. The number of thioether (sulfide) groups is 1. The zero-order valence-corrected chi connectivity index (χ0v) is 19.0. The molecule has 7 heteroatoms. The third-order valence-corrected chi connectivity index (χ3v) is 7.14. The van der Waals surface area contributed by atoms with E-state index in [2.05, 4.69) is 50.8 Å². The van der Waals surface area contributed by atoms with Gasteiger partial charge in [-0.25, -0.2) is 4.98 Å². The average molecular weight is 449 g/mol. The molecule has 0 spiro atoms. The Hall–Kier alpha value is -2.48. The quantitative estimate of drug-likeness (QED) is 0.462. The number of fused-ring (bicyclic) bond motifs is 1. The molecule has 5 nitrogen and oxygen atoms in total. The highest BCUT2D eigenvalue weighted by Gasteiger charge is 2.22. The fourth-order valence-corrected chi connectivity index (χ4v) is 5.22. The van der Waals surface area contributed by atoms with Gasteiger partial charge in [0, 0.05) is 18.3 Å². The molecule has 1 amide bonds. The third-order valence-electron chi connectivity index (χ3n) is 5.97. The molecule has 0 saturated carbocycles. The van der Waals surface area contributed by atoms with Gasteiger partial charge in [-0.05, 0) is 67.3 Å². The van der Waals surface area contributed by atoms with Crippen molar-refractivity contribution in [3.8, 4) is 11.3 Å². The van der Waals surface area contributed by atoms with Crippen LogP contribution in [0.1, 0.15) is 30.9 Å². The number of rotatable bonds is 4. The monoisotopic (exact) mass is 448 g/mol. The molecule has 2 aromatic heterocycles. The van der Waals surface area contributed by atoms with E-state index in [1.54, 1.807) is 0 Å². The Balaban J connectivity index is 1.43. The second-order valence-electron chi connectivity index (χ2n) is 8.35. The molecule has 2 fully saturated rings. The van der Waals surface area contributed by atoms with Gasteiger partial charge in [0.05, 0.1) is 16.8 Å². The molecular weight excluding hydrogens is 424 g/mol. The molecule has 31 heavy (non-hydrogen) atoms. The summed E-state index contributed by atoms with van der Waals surface area (Å²) in [5.41, 5.74) is 5.34. The van der Waals surface area contributed by atoms with Crippen molar-refractivity contribution in [1.82, 2.24) is 19.6 Å². The van der Waals surface area contributed by atoms with Gasteiger partial charge in [-0.1, -0.05) is 49.1 Å². The molecule has 4 heterocycles. The minimum absolute atomic E-state index is 0.138. The number of imidazole rings is 1. The third kappa shape index (κ3) is 4.44. The lowest BCUT2D eigenvalue weighted by atomic mass is 9.98. The van der Waals surface area contributed by atoms with Gasteiger partial charge >= 0.3 is 0 Å². The van der Waals surface area contributed by atoms with Crippen molar-refractivity contribution < 1.29 is 4.79 Å². The number of piperidine rings is 1. The Morgan fingerprint density at radius 2 is 2.10 bits per heavy atom. The van der Waals surface area contributed by atoms with Gasteiger partial charge in [0.15, 0.2) is 0 Å². The highest BCUT2D eigenvalue weighted by molar-refractivity contribution is 8.26. The van der Waals surface area contributed by atoms with E-state index in [1.807, 2.05) is 30.6 Å². The number of benzene rings is 1. The molecule has 2 aliphatic heterocycles. The van der Waals surface area contributed by atoms with Gasteiger partial charge in [-0.2, -0.15) is 0 Å². The standard InChI is InChI=1S/C24H24N4OS2/c1-16-7-9-27(10-8-16)14-17-3-2-4-19(11-17)20-13-25-22-6-5-18(15-28(20)22)12-21-23(29)26-24(30)31-21/h2-6,11-13,15-16H,7-10,14H2,1H3,(H,26,29,30). The summed E-state index contributed by atoms with van der Waals surface area (Å²) >= 11 is 6.38. The molecule has 0 aliphatic carbocycles. The Morgan fingerprint density at radius 1 is 1.26 bits per heavy atom. The summed E-state index contributed by atoms with van der Waals surface area (Å²) in [7, 11) is 0. The maximum atomic E-state index is 12.0.